The van der Waals surface area contributed by atoms with Crippen LogP contribution in [0.4, 0.5) is 0 Å². The molecule has 0 bridgehead atoms. The van der Waals surface area contributed by atoms with Crippen LogP contribution in [0.3, 0.4) is 0 Å². The van der Waals surface area contributed by atoms with Gasteiger partial charge in [0.2, 0.25) is 0 Å². The average molecular weight is 270 g/mol. The molecule has 0 aliphatic heterocycles. The van der Waals surface area contributed by atoms with E-state index in [0.29, 0.717) is 6.42 Å². The second-order valence-electron chi connectivity index (χ2n) is 5.02. The molecule has 0 heterocycles. The molecule has 0 fully saturated rings. The van der Waals surface area contributed by atoms with Crippen molar-refractivity contribution in [2.24, 2.45) is 0 Å². The highest BCUT2D eigenvalue weighted by atomic mass is 32.1. The third-order valence-corrected chi connectivity index (χ3v) is 3.38. The maximum atomic E-state index is 10.6. The van der Waals surface area contributed by atoms with Gasteiger partial charge in [0.05, 0.1) is 0 Å². The first-order valence-electron chi connectivity index (χ1n) is 7.64. The molecule has 0 rings (SSSR count). The van der Waals surface area contributed by atoms with Crippen molar-refractivity contribution in [3.63, 3.8) is 0 Å². The quantitative estimate of drug-likeness (QED) is 0.258. The van der Waals surface area contributed by atoms with Crippen LogP contribution >= 0.6 is 12.6 Å². The normalized spacial score (nSPS) is 11.2. The number of allylic oxidation sites excluding steroid dienone is 2. The molecule has 0 aromatic rings. The van der Waals surface area contributed by atoms with E-state index >= 15 is 0 Å². The Balaban J connectivity index is 3.06. The van der Waals surface area contributed by atoms with Crippen LogP contribution in [0.2, 0.25) is 0 Å². The molecule has 0 amide bonds. The maximum absolute atomic E-state index is 10.6. The molecule has 0 saturated carbocycles. The molecule has 0 radical (unpaired) electrons. The lowest BCUT2D eigenvalue weighted by atomic mass is 10.1. The van der Waals surface area contributed by atoms with Gasteiger partial charge in [-0.25, -0.2) is 0 Å². The Labute approximate surface area is 119 Å². The summed E-state index contributed by atoms with van der Waals surface area (Å²) < 4.78 is 0. The van der Waals surface area contributed by atoms with Crippen LogP contribution in [0, 0.1) is 0 Å². The topological polar surface area (TPSA) is 17.1 Å². The molecule has 0 aromatic carbocycles. The third kappa shape index (κ3) is 15.8. The Bertz CT molecular complexity index is 211. The number of hydrogen-bond acceptors (Lipinski definition) is 1. The molecule has 18 heavy (non-hydrogen) atoms. The van der Waals surface area contributed by atoms with Crippen molar-refractivity contribution < 1.29 is 4.79 Å². The van der Waals surface area contributed by atoms with Gasteiger partial charge in [0.15, 0.2) is 5.12 Å². The van der Waals surface area contributed by atoms with Gasteiger partial charge < -0.3 is 0 Å². The van der Waals surface area contributed by atoms with Crippen molar-refractivity contribution in [3.05, 3.63) is 12.2 Å². The van der Waals surface area contributed by atoms with E-state index < -0.39 is 0 Å². The molecular weight excluding hydrogens is 240 g/mol. The summed E-state index contributed by atoms with van der Waals surface area (Å²) in [6.45, 7) is 2.26. The molecule has 0 unspecified atom stereocenters. The number of thiol groups is 1. The largest absolute Gasteiger partial charge is 0.288 e. The van der Waals surface area contributed by atoms with Gasteiger partial charge in [-0.05, 0) is 32.1 Å². The number of carbonyl (C=O) groups excluding carboxylic acids is 1. The van der Waals surface area contributed by atoms with Crippen molar-refractivity contribution in [2.45, 2.75) is 84.0 Å². The van der Waals surface area contributed by atoms with Crippen LogP contribution < -0.4 is 0 Å². The summed E-state index contributed by atoms with van der Waals surface area (Å²) in [5.41, 5.74) is 0. The number of hydrogen-bond donors (Lipinski definition) is 1. The highest BCUT2D eigenvalue weighted by Gasteiger charge is 1.93. The lowest BCUT2D eigenvalue weighted by Gasteiger charge is -1.98. The molecule has 0 aliphatic carbocycles. The van der Waals surface area contributed by atoms with Gasteiger partial charge in [-0.1, -0.05) is 57.6 Å². The van der Waals surface area contributed by atoms with Gasteiger partial charge >= 0.3 is 0 Å². The van der Waals surface area contributed by atoms with Gasteiger partial charge in [0.25, 0.3) is 0 Å². The van der Waals surface area contributed by atoms with Crippen LogP contribution in [0.1, 0.15) is 84.0 Å². The van der Waals surface area contributed by atoms with Gasteiger partial charge in [-0.15, -0.1) is 12.6 Å². The molecule has 106 valence electrons. The summed E-state index contributed by atoms with van der Waals surface area (Å²) in [6.07, 6.45) is 19.2. The summed E-state index contributed by atoms with van der Waals surface area (Å²) in [7, 11) is 0. The summed E-state index contributed by atoms with van der Waals surface area (Å²) in [5.74, 6) is 0. The molecule has 0 N–H and O–H groups in total. The predicted octanol–water partition coefficient (Wildman–Crippen LogP) is 5.70. The highest BCUT2D eigenvalue weighted by Crippen LogP contribution is 2.08. The number of carbonyl (C=O) groups is 1. The Morgan fingerprint density at radius 3 is 1.83 bits per heavy atom. The molecule has 0 atom stereocenters. The average Bonchev–Trinajstić information content (AvgIpc) is 2.34. The molecule has 0 aromatic heterocycles. The Kier molecular flexibility index (Phi) is 14.6. The molecular formula is C16H30OS. The first-order chi connectivity index (χ1) is 8.77. The van der Waals surface area contributed by atoms with Gasteiger partial charge in [-0.2, -0.15) is 0 Å². The van der Waals surface area contributed by atoms with Crippen molar-refractivity contribution >= 4 is 17.7 Å². The van der Waals surface area contributed by atoms with Crippen LogP contribution in [0.5, 0.6) is 0 Å². The molecule has 0 aliphatic rings. The minimum absolute atomic E-state index is 0.0259. The molecule has 1 nitrogen and oxygen atoms in total. The minimum atomic E-state index is 0.0259. The zero-order valence-corrected chi connectivity index (χ0v) is 12.9. The Morgan fingerprint density at radius 2 is 1.33 bits per heavy atom. The van der Waals surface area contributed by atoms with Gasteiger partial charge in [-0.3, -0.25) is 4.79 Å². The fourth-order valence-electron chi connectivity index (χ4n) is 1.99. The second kappa shape index (κ2) is 14.8. The van der Waals surface area contributed by atoms with Crippen molar-refractivity contribution in [3.8, 4) is 0 Å². The standard InChI is InChI=1S/C16H30OS/c1-2-3-4-5-6-7-8-9-10-11-12-13-14-15-16(17)18/h8-9H,2-7,10-15H2,1H3,(H,17,18). The van der Waals surface area contributed by atoms with E-state index in [9.17, 15) is 4.79 Å². The third-order valence-electron chi connectivity index (χ3n) is 3.15. The zero-order valence-electron chi connectivity index (χ0n) is 12.0. The van der Waals surface area contributed by atoms with E-state index in [-0.39, 0.29) is 5.12 Å². The second-order valence-corrected chi connectivity index (χ2v) is 5.52. The van der Waals surface area contributed by atoms with Crippen LogP contribution in [-0.4, -0.2) is 5.12 Å². The summed E-state index contributed by atoms with van der Waals surface area (Å²) in [4.78, 5) is 10.6. The van der Waals surface area contributed by atoms with Crippen LogP contribution in [0.25, 0.3) is 0 Å². The summed E-state index contributed by atoms with van der Waals surface area (Å²) in [6, 6.07) is 0. The van der Waals surface area contributed by atoms with E-state index in [1.165, 1.54) is 57.8 Å². The molecule has 0 saturated heterocycles. The fourth-order valence-corrected chi connectivity index (χ4v) is 2.15. The Hall–Kier alpha value is -0.240. The van der Waals surface area contributed by atoms with Crippen LogP contribution in [0.15, 0.2) is 12.2 Å². The van der Waals surface area contributed by atoms with Gasteiger partial charge in [0, 0.05) is 6.42 Å². The predicted molar refractivity (Wildman–Crippen MR) is 84.2 cm³/mol. The first-order valence-corrected chi connectivity index (χ1v) is 8.09. The lowest BCUT2D eigenvalue weighted by molar-refractivity contribution is -0.110. The van der Waals surface area contributed by atoms with E-state index in [2.05, 4.69) is 31.7 Å². The van der Waals surface area contributed by atoms with Gasteiger partial charge in [0.1, 0.15) is 0 Å². The number of rotatable bonds is 13. The van der Waals surface area contributed by atoms with Crippen LogP contribution in [-0.2, 0) is 4.79 Å². The van der Waals surface area contributed by atoms with E-state index in [1.54, 1.807) is 0 Å². The SMILES string of the molecule is CCCCCCCC=CCCCCCCC(=O)S. The number of unbranched alkanes of at least 4 members (excludes halogenated alkanes) is 9. The summed E-state index contributed by atoms with van der Waals surface area (Å²) >= 11 is 3.76. The smallest absolute Gasteiger partial charge is 0.185 e. The zero-order chi connectivity index (χ0) is 13.5. The molecule has 2 heteroatoms. The van der Waals surface area contributed by atoms with E-state index in [1.807, 2.05) is 0 Å². The highest BCUT2D eigenvalue weighted by molar-refractivity contribution is 7.96. The van der Waals surface area contributed by atoms with Crippen molar-refractivity contribution in [1.82, 2.24) is 0 Å². The maximum Gasteiger partial charge on any atom is 0.185 e. The van der Waals surface area contributed by atoms with E-state index in [0.717, 1.165) is 12.8 Å². The van der Waals surface area contributed by atoms with E-state index in [4.69, 9.17) is 0 Å². The summed E-state index contributed by atoms with van der Waals surface area (Å²) in [5, 5.41) is 0.0259. The first kappa shape index (κ1) is 17.8. The van der Waals surface area contributed by atoms with Crippen molar-refractivity contribution in [2.75, 3.05) is 0 Å². The van der Waals surface area contributed by atoms with Crippen molar-refractivity contribution in [1.29, 1.82) is 0 Å². The fraction of sp³-hybridized carbons (Fsp3) is 0.812. The minimum Gasteiger partial charge on any atom is -0.288 e. The lowest BCUT2D eigenvalue weighted by Crippen LogP contribution is -1.86. The monoisotopic (exact) mass is 270 g/mol. The Morgan fingerprint density at radius 1 is 0.833 bits per heavy atom. The molecule has 0 spiro atoms.